The Hall–Kier alpha value is -2.51. The summed E-state index contributed by atoms with van der Waals surface area (Å²) in [5.41, 5.74) is 0.497. The van der Waals surface area contributed by atoms with E-state index < -0.39 is 36.1 Å². The summed E-state index contributed by atoms with van der Waals surface area (Å²) in [6, 6.07) is 13.1. The highest BCUT2D eigenvalue weighted by Gasteiger charge is 2.52. The fourth-order valence-electron chi connectivity index (χ4n) is 4.48. The highest BCUT2D eigenvalue weighted by molar-refractivity contribution is 9.10. The SMILES string of the molecule is C[C@@H]1CC[C@@H]2C(=O)N(N(CC(=O)c3ccc(Br)cc3)C(=O)c3ccccc3Cl)C(=O)[C@H]2C1. The number of nitrogens with zero attached hydrogens (tertiary/aromatic N) is 2. The summed E-state index contributed by atoms with van der Waals surface area (Å²) in [6.07, 6.45) is 2.05. The maximum Gasteiger partial charge on any atom is 0.274 e. The van der Waals surface area contributed by atoms with E-state index in [1.807, 2.05) is 0 Å². The van der Waals surface area contributed by atoms with Crippen molar-refractivity contribution in [3.05, 3.63) is 69.2 Å². The Kier molecular flexibility index (Phi) is 6.49. The largest absolute Gasteiger partial charge is 0.292 e. The molecule has 1 aliphatic heterocycles. The number of carbonyl (C=O) groups excluding carboxylic acids is 4. The van der Waals surface area contributed by atoms with Crippen molar-refractivity contribution in [2.75, 3.05) is 6.54 Å². The molecule has 1 heterocycles. The zero-order chi connectivity index (χ0) is 23.0. The van der Waals surface area contributed by atoms with Gasteiger partial charge in [0, 0.05) is 10.0 Å². The van der Waals surface area contributed by atoms with E-state index >= 15 is 0 Å². The first-order chi connectivity index (χ1) is 15.3. The normalized spacial score (nSPS) is 22.6. The van der Waals surface area contributed by atoms with Crippen molar-refractivity contribution >= 4 is 51.0 Å². The molecular formula is C24H22BrClN2O4. The first-order valence-corrected chi connectivity index (χ1v) is 11.7. The van der Waals surface area contributed by atoms with Crippen molar-refractivity contribution < 1.29 is 19.2 Å². The molecular weight excluding hydrogens is 496 g/mol. The molecule has 3 amide bonds. The Bertz CT molecular complexity index is 1090. The third-order valence-electron chi connectivity index (χ3n) is 6.20. The summed E-state index contributed by atoms with van der Waals surface area (Å²) in [4.78, 5) is 53.0. The molecule has 4 rings (SSSR count). The minimum Gasteiger partial charge on any atom is -0.292 e. The van der Waals surface area contributed by atoms with Gasteiger partial charge in [-0.15, -0.1) is 0 Å². The summed E-state index contributed by atoms with van der Waals surface area (Å²) in [5, 5.41) is 2.05. The van der Waals surface area contributed by atoms with Gasteiger partial charge in [0.25, 0.3) is 17.7 Å². The number of imide groups is 1. The lowest BCUT2D eigenvalue weighted by molar-refractivity contribution is -0.154. The summed E-state index contributed by atoms with van der Waals surface area (Å²) in [6.45, 7) is 1.61. The molecule has 0 N–H and O–H groups in total. The van der Waals surface area contributed by atoms with Crippen LogP contribution in [0.1, 0.15) is 46.9 Å². The van der Waals surface area contributed by atoms with Crippen LogP contribution in [0.25, 0.3) is 0 Å². The van der Waals surface area contributed by atoms with Gasteiger partial charge >= 0.3 is 0 Å². The van der Waals surface area contributed by atoms with Gasteiger partial charge in [-0.05, 0) is 49.4 Å². The molecule has 2 aromatic carbocycles. The van der Waals surface area contributed by atoms with E-state index in [9.17, 15) is 19.2 Å². The Morgan fingerprint density at radius 2 is 1.69 bits per heavy atom. The predicted molar refractivity (Wildman–Crippen MR) is 123 cm³/mol. The lowest BCUT2D eigenvalue weighted by atomic mass is 9.76. The minimum absolute atomic E-state index is 0.126. The fraction of sp³-hybridized carbons (Fsp3) is 0.333. The van der Waals surface area contributed by atoms with Crippen LogP contribution in [0, 0.1) is 17.8 Å². The van der Waals surface area contributed by atoms with Gasteiger partial charge in [-0.25, -0.2) is 5.01 Å². The molecule has 2 aliphatic rings. The Morgan fingerprint density at radius 1 is 1.03 bits per heavy atom. The second-order valence-electron chi connectivity index (χ2n) is 8.39. The minimum atomic E-state index is -0.658. The van der Waals surface area contributed by atoms with Crippen LogP contribution in [0.5, 0.6) is 0 Å². The number of hydrogen-bond donors (Lipinski definition) is 0. The summed E-state index contributed by atoms with van der Waals surface area (Å²) < 4.78 is 0.807. The molecule has 0 radical (unpaired) electrons. The van der Waals surface area contributed by atoms with E-state index in [-0.39, 0.29) is 16.4 Å². The smallest absolute Gasteiger partial charge is 0.274 e. The molecule has 0 unspecified atom stereocenters. The number of fused-ring (bicyclic) bond motifs is 1. The Labute approximate surface area is 199 Å². The van der Waals surface area contributed by atoms with E-state index in [2.05, 4.69) is 22.9 Å². The van der Waals surface area contributed by atoms with Crippen LogP contribution >= 0.6 is 27.5 Å². The molecule has 3 atom stereocenters. The topological polar surface area (TPSA) is 74.8 Å². The second kappa shape index (κ2) is 9.16. The third-order valence-corrected chi connectivity index (χ3v) is 7.06. The Balaban J connectivity index is 1.70. The molecule has 0 aromatic heterocycles. The van der Waals surface area contributed by atoms with Gasteiger partial charge < -0.3 is 0 Å². The van der Waals surface area contributed by atoms with Crippen LogP contribution in [0.3, 0.4) is 0 Å². The highest BCUT2D eigenvalue weighted by atomic mass is 79.9. The number of hydrazine groups is 1. The lowest BCUT2D eigenvalue weighted by Gasteiger charge is -2.30. The second-order valence-corrected chi connectivity index (χ2v) is 9.72. The van der Waals surface area contributed by atoms with Gasteiger partial charge in [0.2, 0.25) is 0 Å². The summed E-state index contributed by atoms with van der Waals surface area (Å²) >= 11 is 9.56. The average Bonchev–Trinajstić information content (AvgIpc) is 3.01. The van der Waals surface area contributed by atoms with Gasteiger partial charge in [0.15, 0.2) is 5.78 Å². The highest BCUT2D eigenvalue weighted by Crippen LogP contribution is 2.41. The van der Waals surface area contributed by atoms with E-state index in [1.165, 1.54) is 6.07 Å². The molecule has 1 saturated carbocycles. The van der Waals surface area contributed by atoms with Gasteiger partial charge in [0.1, 0.15) is 6.54 Å². The molecule has 1 saturated heterocycles. The van der Waals surface area contributed by atoms with Crippen molar-refractivity contribution in [1.82, 2.24) is 10.0 Å². The standard InChI is InChI=1S/C24H22BrClN2O4/c1-14-6-11-17-19(12-14)24(32)28(23(17)31)27(22(30)18-4-2-3-5-20(18)26)13-21(29)15-7-9-16(25)10-8-15/h2-5,7-10,14,17,19H,6,11-13H2,1H3/t14-,17+,19+/m1/s1. The molecule has 166 valence electrons. The molecule has 8 heteroatoms. The van der Waals surface area contributed by atoms with Crippen molar-refractivity contribution in [3.8, 4) is 0 Å². The molecule has 1 aliphatic carbocycles. The number of hydrogen-bond acceptors (Lipinski definition) is 4. The number of ketones is 1. The molecule has 2 aromatic rings. The zero-order valence-corrected chi connectivity index (χ0v) is 19.8. The number of halogens is 2. The number of Topliss-reactive ketones (excluding diaryl/α,β-unsaturated/α-hetero) is 1. The van der Waals surface area contributed by atoms with Crippen LogP contribution in [0.2, 0.25) is 5.02 Å². The lowest BCUT2D eigenvalue weighted by Crippen LogP contribution is -2.52. The maximum atomic E-state index is 13.5. The number of rotatable bonds is 5. The van der Waals surface area contributed by atoms with Gasteiger partial charge in [-0.3, -0.25) is 19.2 Å². The zero-order valence-electron chi connectivity index (χ0n) is 17.5. The molecule has 0 bridgehead atoms. The average molecular weight is 518 g/mol. The fourth-order valence-corrected chi connectivity index (χ4v) is 4.96. The monoisotopic (exact) mass is 516 g/mol. The molecule has 6 nitrogen and oxygen atoms in total. The first-order valence-electron chi connectivity index (χ1n) is 10.5. The third kappa shape index (κ3) is 4.24. The van der Waals surface area contributed by atoms with E-state index in [4.69, 9.17) is 11.6 Å². The van der Waals surface area contributed by atoms with Gasteiger partial charge in [-0.2, -0.15) is 5.01 Å². The van der Waals surface area contributed by atoms with E-state index in [1.54, 1.807) is 42.5 Å². The molecule has 32 heavy (non-hydrogen) atoms. The molecule has 2 fully saturated rings. The Morgan fingerprint density at radius 3 is 2.38 bits per heavy atom. The van der Waals surface area contributed by atoms with Crippen LogP contribution in [0.15, 0.2) is 53.0 Å². The van der Waals surface area contributed by atoms with Crippen molar-refractivity contribution in [2.45, 2.75) is 26.2 Å². The van der Waals surface area contributed by atoms with Crippen molar-refractivity contribution in [3.63, 3.8) is 0 Å². The van der Waals surface area contributed by atoms with Crippen LogP contribution in [-0.4, -0.2) is 40.1 Å². The first kappa shape index (κ1) is 22.7. The van der Waals surface area contributed by atoms with Gasteiger partial charge in [0.05, 0.1) is 22.4 Å². The number of amides is 3. The van der Waals surface area contributed by atoms with Crippen LogP contribution < -0.4 is 0 Å². The quantitative estimate of drug-likeness (QED) is 0.423. The number of benzene rings is 2. The van der Waals surface area contributed by atoms with Crippen molar-refractivity contribution in [2.24, 2.45) is 17.8 Å². The summed E-state index contributed by atoms with van der Waals surface area (Å²) in [5.74, 6) is -2.48. The van der Waals surface area contributed by atoms with Crippen molar-refractivity contribution in [1.29, 1.82) is 0 Å². The molecule has 0 spiro atoms. The number of carbonyl (C=O) groups is 4. The van der Waals surface area contributed by atoms with Crippen LogP contribution in [0.4, 0.5) is 0 Å². The predicted octanol–water partition coefficient (Wildman–Crippen LogP) is 4.76. The van der Waals surface area contributed by atoms with Crippen LogP contribution in [-0.2, 0) is 9.59 Å². The van der Waals surface area contributed by atoms with Gasteiger partial charge in [-0.1, -0.05) is 58.7 Å². The van der Waals surface area contributed by atoms with E-state index in [0.717, 1.165) is 20.9 Å². The summed E-state index contributed by atoms with van der Waals surface area (Å²) in [7, 11) is 0. The van der Waals surface area contributed by atoms with E-state index in [0.29, 0.717) is 24.3 Å². The maximum absolute atomic E-state index is 13.5.